The lowest BCUT2D eigenvalue weighted by Crippen LogP contribution is -2.43. The normalized spacial score (nSPS) is 18.3. The van der Waals surface area contributed by atoms with E-state index in [4.69, 9.17) is 5.73 Å². The molecule has 1 saturated heterocycles. The van der Waals surface area contributed by atoms with Crippen LogP contribution in [0.4, 0.5) is 5.95 Å². The molecule has 1 aliphatic rings. The van der Waals surface area contributed by atoms with Gasteiger partial charge in [-0.25, -0.2) is 9.36 Å². The maximum absolute atomic E-state index is 12.1. The zero-order valence-corrected chi connectivity index (χ0v) is 12.3. The van der Waals surface area contributed by atoms with Crippen LogP contribution in [0, 0.1) is 12.0 Å². The number of aromatic nitrogens is 4. The highest BCUT2D eigenvalue weighted by Crippen LogP contribution is 2.21. The van der Waals surface area contributed by atoms with Gasteiger partial charge in [0.05, 0.1) is 0 Å². The first-order valence-corrected chi connectivity index (χ1v) is 7.34. The lowest BCUT2D eigenvalue weighted by molar-refractivity contribution is 0.499. The summed E-state index contributed by atoms with van der Waals surface area (Å²) in [6.07, 6.45) is 2.58. The van der Waals surface area contributed by atoms with Gasteiger partial charge >= 0.3 is 5.69 Å². The molecular formula is C14H18N6O2. The largest absolute Gasteiger partial charge is 0.340 e. The molecule has 3 heterocycles. The molecular weight excluding hydrogens is 284 g/mol. The van der Waals surface area contributed by atoms with Crippen LogP contribution < -0.4 is 21.9 Å². The average Bonchev–Trinajstić information content (AvgIpc) is 2.83. The highest BCUT2D eigenvalue weighted by molar-refractivity contribution is 5.75. The van der Waals surface area contributed by atoms with E-state index in [0.29, 0.717) is 18.9 Å². The highest BCUT2D eigenvalue weighted by atomic mass is 16.2. The topological polar surface area (TPSA) is 113 Å². The molecule has 0 radical (unpaired) electrons. The van der Waals surface area contributed by atoms with Crippen molar-refractivity contribution >= 4 is 17.1 Å². The third kappa shape index (κ3) is 2.51. The Kier molecular flexibility index (Phi) is 3.73. The molecule has 0 aromatic carbocycles. The van der Waals surface area contributed by atoms with E-state index in [1.165, 1.54) is 0 Å². The number of nitrogens with two attached hydrogens (primary N) is 1. The van der Waals surface area contributed by atoms with Crippen molar-refractivity contribution in [1.82, 2.24) is 19.5 Å². The fraction of sp³-hybridized carbons (Fsp3) is 0.500. The number of aromatic amines is 2. The first kappa shape index (κ1) is 14.4. The molecule has 2 aromatic rings. The van der Waals surface area contributed by atoms with Gasteiger partial charge in [0.25, 0.3) is 5.56 Å². The molecule has 1 fully saturated rings. The van der Waals surface area contributed by atoms with Crippen molar-refractivity contribution in [3.8, 4) is 12.0 Å². The molecule has 3 rings (SSSR count). The van der Waals surface area contributed by atoms with Gasteiger partial charge in [0.15, 0.2) is 11.2 Å². The molecule has 22 heavy (non-hydrogen) atoms. The number of anilines is 1. The number of nitrogens with one attached hydrogen (secondary N) is 2. The van der Waals surface area contributed by atoms with E-state index in [1.807, 2.05) is 11.8 Å². The van der Waals surface area contributed by atoms with Crippen LogP contribution in [0.3, 0.4) is 0 Å². The van der Waals surface area contributed by atoms with Gasteiger partial charge in [-0.05, 0) is 12.8 Å². The zero-order chi connectivity index (χ0) is 15.7. The number of hydrogen-bond acceptors (Lipinski definition) is 5. The summed E-state index contributed by atoms with van der Waals surface area (Å²) in [4.78, 5) is 34.7. The van der Waals surface area contributed by atoms with E-state index in [9.17, 15) is 9.59 Å². The molecule has 1 unspecified atom stereocenters. The molecule has 0 amide bonds. The number of imidazole rings is 1. The summed E-state index contributed by atoms with van der Waals surface area (Å²) in [5.74, 6) is 3.50. The van der Waals surface area contributed by atoms with E-state index in [2.05, 4.69) is 26.9 Å². The van der Waals surface area contributed by atoms with Crippen molar-refractivity contribution in [1.29, 1.82) is 0 Å². The van der Waals surface area contributed by atoms with Gasteiger partial charge in [0.1, 0.15) is 0 Å². The SMILES string of the molecule is CCC#Cn1c(N2CCCC(N)C2)nc2[nH]c(=O)[nH]c(=O)c21. The molecule has 1 atom stereocenters. The van der Waals surface area contributed by atoms with Crippen molar-refractivity contribution in [2.24, 2.45) is 5.73 Å². The lowest BCUT2D eigenvalue weighted by atomic mass is 10.1. The number of nitrogens with zero attached hydrogens (tertiary/aromatic N) is 3. The second-order valence-corrected chi connectivity index (χ2v) is 5.34. The first-order valence-electron chi connectivity index (χ1n) is 7.34. The second-order valence-electron chi connectivity index (χ2n) is 5.34. The maximum Gasteiger partial charge on any atom is 0.327 e. The van der Waals surface area contributed by atoms with E-state index in [1.54, 1.807) is 4.57 Å². The van der Waals surface area contributed by atoms with E-state index in [0.717, 1.165) is 19.4 Å². The van der Waals surface area contributed by atoms with Crippen LogP contribution in [0.25, 0.3) is 11.2 Å². The molecule has 8 nitrogen and oxygen atoms in total. The molecule has 0 saturated carbocycles. The Bertz CT molecular complexity index is 865. The van der Waals surface area contributed by atoms with Crippen LogP contribution >= 0.6 is 0 Å². The second kappa shape index (κ2) is 5.69. The third-order valence-electron chi connectivity index (χ3n) is 3.64. The molecule has 4 N–H and O–H groups in total. The summed E-state index contributed by atoms with van der Waals surface area (Å²) in [5, 5.41) is 0. The molecule has 0 bridgehead atoms. The smallest absolute Gasteiger partial charge is 0.327 e. The Hall–Kier alpha value is -2.53. The number of piperidine rings is 1. The van der Waals surface area contributed by atoms with Crippen molar-refractivity contribution in [3.63, 3.8) is 0 Å². The summed E-state index contributed by atoms with van der Waals surface area (Å²) < 4.78 is 1.55. The predicted octanol–water partition coefficient (Wildman–Crippen LogP) is -0.441. The van der Waals surface area contributed by atoms with Gasteiger partial charge in [-0.3, -0.25) is 14.8 Å². The Labute approximate surface area is 126 Å². The Balaban J connectivity index is 2.22. The Morgan fingerprint density at radius 3 is 2.95 bits per heavy atom. The van der Waals surface area contributed by atoms with Crippen LogP contribution in [0.5, 0.6) is 0 Å². The van der Waals surface area contributed by atoms with Gasteiger partial charge < -0.3 is 10.6 Å². The summed E-state index contributed by atoms with van der Waals surface area (Å²) in [5.41, 5.74) is 5.45. The van der Waals surface area contributed by atoms with E-state index in [-0.39, 0.29) is 17.2 Å². The van der Waals surface area contributed by atoms with E-state index < -0.39 is 11.2 Å². The number of H-pyrrole nitrogens is 2. The minimum atomic E-state index is -0.576. The van der Waals surface area contributed by atoms with Gasteiger partial charge in [0, 0.05) is 31.6 Å². The van der Waals surface area contributed by atoms with Gasteiger partial charge in [-0.2, -0.15) is 4.98 Å². The first-order chi connectivity index (χ1) is 10.6. The molecule has 0 spiro atoms. The van der Waals surface area contributed by atoms with Crippen LogP contribution in [-0.4, -0.2) is 38.7 Å². The fourth-order valence-electron chi connectivity index (χ4n) is 2.67. The van der Waals surface area contributed by atoms with Crippen LogP contribution in [-0.2, 0) is 0 Å². The molecule has 8 heteroatoms. The minimum absolute atomic E-state index is 0.0680. The van der Waals surface area contributed by atoms with Crippen LogP contribution in [0.1, 0.15) is 26.2 Å². The molecule has 2 aromatic heterocycles. The third-order valence-corrected chi connectivity index (χ3v) is 3.64. The van der Waals surface area contributed by atoms with Crippen molar-refractivity contribution in [3.05, 3.63) is 20.8 Å². The van der Waals surface area contributed by atoms with Gasteiger partial charge in [-0.15, -0.1) is 0 Å². The summed E-state index contributed by atoms with van der Waals surface area (Å²) in [6, 6.07) is 3.01. The van der Waals surface area contributed by atoms with E-state index >= 15 is 0 Å². The summed E-state index contributed by atoms with van der Waals surface area (Å²) in [7, 11) is 0. The highest BCUT2D eigenvalue weighted by Gasteiger charge is 2.23. The lowest BCUT2D eigenvalue weighted by Gasteiger charge is -2.31. The minimum Gasteiger partial charge on any atom is -0.340 e. The monoisotopic (exact) mass is 302 g/mol. The van der Waals surface area contributed by atoms with Crippen molar-refractivity contribution in [2.75, 3.05) is 18.0 Å². The number of fused-ring (bicyclic) bond motifs is 1. The fourth-order valence-corrected chi connectivity index (χ4v) is 2.67. The standard InChI is InChI=1S/C14H18N6O2/c1-2-3-7-20-10-11(16-13(22)18-12(10)21)17-14(20)19-6-4-5-9(15)8-19/h9H,2,4-6,8,15H2,1H3,(H2,16,18,21,22). The van der Waals surface area contributed by atoms with Crippen LogP contribution in [0.15, 0.2) is 9.59 Å². The molecule has 0 aliphatic carbocycles. The quantitative estimate of drug-likeness (QED) is 0.618. The maximum atomic E-state index is 12.1. The Morgan fingerprint density at radius 1 is 1.41 bits per heavy atom. The van der Waals surface area contributed by atoms with Crippen LogP contribution in [0.2, 0.25) is 0 Å². The predicted molar refractivity (Wildman–Crippen MR) is 83.9 cm³/mol. The number of rotatable bonds is 1. The zero-order valence-electron chi connectivity index (χ0n) is 12.3. The van der Waals surface area contributed by atoms with Crippen molar-refractivity contribution < 1.29 is 0 Å². The van der Waals surface area contributed by atoms with Crippen molar-refractivity contribution in [2.45, 2.75) is 32.2 Å². The average molecular weight is 302 g/mol. The Morgan fingerprint density at radius 2 is 2.23 bits per heavy atom. The summed E-state index contributed by atoms with van der Waals surface area (Å²) >= 11 is 0. The molecule has 116 valence electrons. The number of hydrogen-bond donors (Lipinski definition) is 3. The van der Waals surface area contributed by atoms with Gasteiger partial charge in [-0.1, -0.05) is 12.8 Å². The summed E-state index contributed by atoms with van der Waals surface area (Å²) in [6.45, 7) is 3.38. The molecule has 1 aliphatic heterocycles. The van der Waals surface area contributed by atoms with Gasteiger partial charge in [0.2, 0.25) is 5.95 Å².